The second kappa shape index (κ2) is 11.4. The molecule has 6 heteroatoms. The quantitative estimate of drug-likeness (QED) is 0.456. The number of fused-ring (bicyclic) bond motifs is 1. The highest BCUT2D eigenvalue weighted by molar-refractivity contribution is 5.81. The maximum absolute atomic E-state index is 13.5. The number of amides is 2. The molecule has 0 fully saturated rings. The van der Waals surface area contributed by atoms with Crippen LogP contribution in [0.3, 0.4) is 0 Å². The van der Waals surface area contributed by atoms with E-state index in [1.54, 1.807) is 12.1 Å². The van der Waals surface area contributed by atoms with Gasteiger partial charge < -0.3 is 15.0 Å². The number of rotatable bonds is 8. The van der Waals surface area contributed by atoms with E-state index in [4.69, 9.17) is 4.74 Å². The standard InChI is InChI=1S/C30H33FN2O3/c1-4-27(30(35)32-19-21-7-6-8-24(31)17-21)36-25-14-13-22-15-16-33(28(34)5-2)29(26(22)18-25)23-11-9-20(3)10-12-23/h6-14,17-18,27,29H,4-5,15-16,19H2,1-3H3,(H,32,35). The molecule has 0 aromatic heterocycles. The molecule has 0 radical (unpaired) electrons. The van der Waals surface area contributed by atoms with Gasteiger partial charge in [-0.3, -0.25) is 9.59 Å². The smallest absolute Gasteiger partial charge is 0.261 e. The molecule has 2 unspecified atom stereocenters. The summed E-state index contributed by atoms with van der Waals surface area (Å²) >= 11 is 0. The van der Waals surface area contributed by atoms with Gasteiger partial charge in [-0.05, 0) is 66.3 Å². The number of hydrogen-bond donors (Lipinski definition) is 1. The summed E-state index contributed by atoms with van der Waals surface area (Å²) < 4.78 is 19.6. The van der Waals surface area contributed by atoms with Crippen molar-refractivity contribution in [1.29, 1.82) is 0 Å². The van der Waals surface area contributed by atoms with Gasteiger partial charge in [0.2, 0.25) is 5.91 Å². The lowest BCUT2D eigenvalue weighted by Gasteiger charge is -2.38. The Morgan fingerprint density at radius 2 is 1.86 bits per heavy atom. The second-order valence-electron chi connectivity index (χ2n) is 9.23. The molecule has 2 atom stereocenters. The van der Waals surface area contributed by atoms with Gasteiger partial charge in [0.25, 0.3) is 5.91 Å². The highest BCUT2D eigenvalue weighted by Crippen LogP contribution is 2.37. The Morgan fingerprint density at radius 1 is 1.08 bits per heavy atom. The number of carbonyl (C=O) groups is 2. The van der Waals surface area contributed by atoms with Gasteiger partial charge >= 0.3 is 0 Å². The predicted octanol–water partition coefficient (Wildman–Crippen LogP) is 5.49. The molecule has 0 bridgehead atoms. The minimum absolute atomic E-state index is 0.112. The van der Waals surface area contributed by atoms with Gasteiger partial charge in [-0.25, -0.2) is 4.39 Å². The first kappa shape index (κ1) is 25.4. The van der Waals surface area contributed by atoms with E-state index in [1.165, 1.54) is 17.7 Å². The van der Waals surface area contributed by atoms with E-state index in [9.17, 15) is 14.0 Å². The van der Waals surface area contributed by atoms with Crippen molar-refractivity contribution < 1.29 is 18.7 Å². The van der Waals surface area contributed by atoms with Crippen molar-refractivity contribution in [1.82, 2.24) is 10.2 Å². The van der Waals surface area contributed by atoms with E-state index >= 15 is 0 Å². The van der Waals surface area contributed by atoms with Gasteiger partial charge in [-0.2, -0.15) is 0 Å². The molecule has 4 rings (SSSR count). The minimum atomic E-state index is -0.689. The van der Waals surface area contributed by atoms with Gasteiger partial charge in [0.1, 0.15) is 11.6 Å². The van der Waals surface area contributed by atoms with Crippen LogP contribution in [-0.4, -0.2) is 29.4 Å². The molecule has 0 aliphatic carbocycles. The highest BCUT2D eigenvalue weighted by atomic mass is 19.1. The Balaban J connectivity index is 1.56. The van der Waals surface area contributed by atoms with Crippen LogP contribution in [0.4, 0.5) is 4.39 Å². The van der Waals surface area contributed by atoms with Crippen molar-refractivity contribution in [3.05, 3.63) is 100 Å². The molecule has 0 spiro atoms. The van der Waals surface area contributed by atoms with Gasteiger partial charge in [0.05, 0.1) is 6.04 Å². The summed E-state index contributed by atoms with van der Waals surface area (Å²) in [5.41, 5.74) is 5.11. The number of benzene rings is 3. The average Bonchev–Trinajstić information content (AvgIpc) is 2.89. The molecular formula is C30H33FN2O3. The molecule has 1 N–H and O–H groups in total. The number of nitrogens with zero attached hydrogens (tertiary/aromatic N) is 1. The van der Waals surface area contributed by atoms with E-state index in [1.807, 2.05) is 43.9 Å². The minimum Gasteiger partial charge on any atom is -0.481 e. The topological polar surface area (TPSA) is 58.6 Å². The van der Waals surface area contributed by atoms with Crippen molar-refractivity contribution in [3.8, 4) is 5.75 Å². The summed E-state index contributed by atoms with van der Waals surface area (Å²) in [6, 6.07) is 20.1. The zero-order valence-electron chi connectivity index (χ0n) is 21.1. The molecule has 36 heavy (non-hydrogen) atoms. The Bertz CT molecular complexity index is 1230. The number of carbonyl (C=O) groups excluding carboxylic acids is 2. The summed E-state index contributed by atoms with van der Waals surface area (Å²) in [6.45, 7) is 6.71. The van der Waals surface area contributed by atoms with Gasteiger partial charge in [-0.1, -0.05) is 61.9 Å². The SMILES string of the molecule is CCC(=O)N1CCc2ccc(OC(CC)C(=O)NCc3cccc(F)c3)cc2C1c1ccc(C)cc1. The lowest BCUT2D eigenvalue weighted by atomic mass is 9.87. The first-order valence-corrected chi connectivity index (χ1v) is 12.6. The molecular weight excluding hydrogens is 455 g/mol. The summed E-state index contributed by atoms with van der Waals surface area (Å²) in [6.07, 6.45) is 1.01. The number of hydrogen-bond acceptors (Lipinski definition) is 3. The Morgan fingerprint density at radius 3 is 2.56 bits per heavy atom. The third-order valence-corrected chi connectivity index (χ3v) is 6.66. The van der Waals surface area contributed by atoms with Crippen LogP contribution in [0.15, 0.2) is 66.7 Å². The first-order chi connectivity index (χ1) is 17.4. The normalized spacial score (nSPS) is 15.7. The molecule has 0 saturated carbocycles. The van der Waals surface area contributed by atoms with Crippen LogP contribution in [0.1, 0.15) is 60.5 Å². The molecule has 0 saturated heterocycles. The summed E-state index contributed by atoms with van der Waals surface area (Å²) in [7, 11) is 0. The summed E-state index contributed by atoms with van der Waals surface area (Å²) in [4.78, 5) is 27.6. The highest BCUT2D eigenvalue weighted by Gasteiger charge is 2.32. The maximum Gasteiger partial charge on any atom is 0.261 e. The Labute approximate surface area is 212 Å². The van der Waals surface area contributed by atoms with E-state index in [0.29, 0.717) is 30.7 Å². The van der Waals surface area contributed by atoms with Gasteiger partial charge in [0, 0.05) is 19.5 Å². The second-order valence-corrected chi connectivity index (χ2v) is 9.23. The van der Waals surface area contributed by atoms with Crippen molar-refractivity contribution in [2.75, 3.05) is 6.54 Å². The maximum atomic E-state index is 13.5. The van der Waals surface area contributed by atoms with Crippen LogP contribution in [0.25, 0.3) is 0 Å². The van der Waals surface area contributed by atoms with Crippen LogP contribution in [0.5, 0.6) is 5.75 Å². The van der Waals surface area contributed by atoms with E-state index in [2.05, 4.69) is 29.6 Å². The molecule has 188 valence electrons. The molecule has 2 amide bonds. The third kappa shape index (κ3) is 5.76. The van der Waals surface area contributed by atoms with Crippen molar-refractivity contribution in [2.45, 2.75) is 58.7 Å². The fraction of sp³-hybridized carbons (Fsp3) is 0.333. The number of nitrogens with one attached hydrogen (secondary N) is 1. The fourth-order valence-electron chi connectivity index (χ4n) is 4.68. The van der Waals surface area contributed by atoms with E-state index in [0.717, 1.165) is 23.1 Å². The van der Waals surface area contributed by atoms with E-state index in [-0.39, 0.29) is 30.2 Å². The Hall–Kier alpha value is -3.67. The number of ether oxygens (including phenoxy) is 1. The molecule has 1 aliphatic heterocycles. The van der Waals surface area contributed by atoms with Crippen LogP contribution in [-0.2, 0) is 22.6 Å². The zero-order chi connectivity index (χ0) is 25.7. The predicted molar refractivity (Wildman–Crippen MR) is 138 cm³/mol. The molecule has 1 heterocycles. The molecule has 3 aromatic carbocycles. The fourth-order valence-corrected chi connectivity index (χ4v) is 4.68. The zero-order valence-corrected chi connectivity index (χ0v) is 21.1. The third-order valence-electron chi connectivity index (χ3n) is 6.66. The average molecular weight is 489 g/mol. The molecule has 5 nitrogen and oxygen atoms in total. The van der Waals surface area contributed by atoms with Crippen molar-refractivity contribution >= 4 is 11.8 Å². The van der Waals surface area contributed by atoms with Crippen molar-refractivity contribution in [3.63, 3.8) is 0 Å². The van der Waals surface area contributed by atoms with Crippen molar-refractivity contribution in [2.24, 2.45) is 0 Å². The lowest BCUT2D eigenvalue weighted by molar-refractivity contribution is -0.133. The van der Waals surface area contributed by atoms with Crippen LogP contribution < -0.4 is 10.1 Å². The lowest BCUT2D eigenvalue weighted by Crippen LogP contribution is -2.40. The molecule has 1 aliphatic rings. The molecule has 3 aromatic rings. The van der Waals surface area contributed by atoms with Gasteiger partial charge in [-0.15, -0.1) is 0 Å². The first-order valence-electron chi connectivity index (χ1n) is 12.6. The monoisotopic (exact) mass is 488 g/mol. The van der Waals surface area contributed by atoms with Crippen LogP contribution >= 0.6 is 0 Å². The number of halogens is 1. The van der Waals surface area contributed by atoms with Gasteiger partial charge in [0.15, 0.2) is 6.10 Å². The number of aryl methyl sites for hydroxylation is 1. The van der Waals surface area contributed by atoms with Crippen LogP contribution in [0, 0.1) is 12.7 Å². The Kier molecular flexibility index (Phi) is 8.04. The van der Waals surface area contributed by atoms with E-state index < -0.39 is 6.10 Å². The van der Waals surface area contributed by atoms with Crippen LogP contribution in [0.2, 0.25) is 0 Å². The summed E-state index contributed by atoms with van der Waals surface area (Å²) in [5, 5.41) is 2.85. The largest absolute Gasteiger partial charge is 0.481 e. The summed E-state index contributed by atoms with van der Waals surface area (Å²) in [5.74, 6) is 0.111.